The number of aliphatic hydroxyl groups excluding tert-OH is 2. The number of hydrogen-bond donors (Lipinski definition) is 3. The number of aryl methyl sites for hydroxylation is 2. The van der Waals surface area contributed by atoms with Crippen molar-refractivity contribution < 1.29 is 28.2 Å². The number of alkyl halides is 3. The van der Waals surface area contributed by atoms with Gasteiger partial charge in [-0.2, -0.15) is 13.2 Å². The molecular formula is C26H26F3N3O3. The Morgan fingerprint density at radius 3 is 2.69 bits per heavy atom. The number of halogens is 3. The van der Waals surface area contributed by atoms with Crippen LogP contribution in [0.5, 0.6) is 0 Å². The fraction of sp³-hybridized carbons (Fsp3) is 0.346. The largest absolute Gasteiger partial charge is 0.416 e. The van der Waals surface area contributed by atoms with Gasteiger partial charge in [0.25, 0.3) is 0 Å². The third-order valence-corrected chi connectivity index (χ3v) is 6.09. The molecule has 6 nitrogen and oxygen atoms in total. The van der Waals surface area contributed by atoms with Gasteiger partial charge in [0.2, 0.25) is 5.91 Å². The number of aliphatic hydroxyl groups is 2. The molecule has 0 bridgehead atoms. The zero-order chi connectivity index (χ0) is 25.0. The summed E-state index contributed by atoms with van der Waals surface area (Å²) in [5.41, 5.74) is 2.13. The molecule has 0 aliphatic heterocycles. The third-order valence-electron chi connectivity index (χ3n) is 6.09. The number of anilines is 1. The van der Waals surface area contributed by atoms with Crippen molar-refractivity contribution in [2.24, 2.45) is 0 Å². The number of amides is 1. The van der Waals surface area contributed by atoms with E-state index >= 15 is 0 Å². The molecule has 3 N–H and O–H groups in total. The van der Waals surface area contributed by atoms with E-state index in [4.69, 9.17) is 5.11 Å². The monoisotopic (exact) mass is 485 g/mol. The van der Waals surface area contributed by atoms with Crippen LogP contribution in [-0.4, -0.2) is 38.8 Å². The van der Waals surface area contributed by atoms with Crippen LogP contribution in [0.2, 0.25) is 0 Å². The molecule has 2 heterocycles. The molecule has 1 unspecified atom stereocenters. The minimum Gasteiger partial charge on any atom is -0.394 e. The first kappa shape index (κ1) is 24.8. The van der Waals surface area contributed by atoms with Crippen LogP contribution >= 0.6 is 0 Å². The third kappa shape index (κ3) is 6.04. The zero-order valence-corrected chi connectivity index (χ0v) is 18.9. The number of carbonyl (C=O) groups is 1. The molecule has 1 aliphatic carbocycles. The second-order valence-electron chi connectivity index (χ2n) is 8.64. The average molecular weight is 486 g/mol. The van der Waals surface area contributed by atoms with Crippen LogP contribution < -0.4 is 5.32 Å². The molecule has 0 spiro atoms. The predicted molar refractivity (Wildman–Crippen MR) is 125 cm³/mol. The van der Waals surface area contributed by atoms with Crippen molar-refractivity contribution in [3.05, 3.63) is 77.1 Å². The van der Waals surface area contributed by atoms with E-state index in [-0.39, 0.29) is 12.5 Å². The molecule has 184 valence electrons. The molecule has 4 rings (SSSR count). The zero-order valence-electron chi connectivity index (χ0n) is 18.9. The highest BCUT2D eigenvalue weighted by atomic mass is 19.4. The number of hydrogen-bond acceptors (Lipinski definition) is 5. The Bertz CT molecular complexity index is 1200. The van der Waals surface area contributed by atoms with E-state index in [0.717, 1.165) is 30.5 Å². The normalized spacial score (nSPS) is 16.4. The van der Waals surface area contributed by atoms with E-state index in [1.807, 2.05) is 6.07 Å². The first-order valence-corrected chi connectivity index (χ1v) is 11.5. The minimum absolute atomic E-state index is 0.278. The van der Waals surface area contributed by atoms with E-state index in [9.17, 15) is 23.1 Å². The maximum absolute atomic E-state index is 13.2. The fourth-order valence-corrected chi connectivity index (χ4v) is 4.23. The van der Waals surface area contributed by atoms with Gasteiger partial charge >= 0.3 is 6.18 Å². The second kappa shape index (κ2) is 10.5. The summed E-state index contributed by atoms with van der Waals surface area (Å²) in [4.78, 5) is 22.2. The quantitative estimate of drug-likeness (QED) is 0.458. The van der Waals surface area contributed by atoms with Crippen LogP contribution in [-0.2, 0) is 23.8 Å². The molecule has 1 aromatic carbocycles. The van der Waals surface area contributed by atoms with Gasteiger partial charge in [-0.15, -0.1) is 0 Å². The van der Waals surface area contributed by atoms with Crippen molar-refractivity contribution in [2.45, 2.75) is 50.3 Å². The molecule has 3 aromatic rings. The predicted octanol–water partition coefficient (Wildman–Crippen LogP) is 4.51. The topological polar surface area (TPSA) is 95.3 Å². The Hall–Kier alpha value is -3.30. The number of benzene rings is 1. The Kier molecular flexibility index (Phi) is 7.47. The Morgan fingerprint density at radius 2 is 1.91 bits per heavy atom. The average Bonchev–Trinajstić information content (AvgIpc) is 2.86. The number of nitrogens with one attached hydrogen (secondary N) is 1. The molecular weight excluding hydrogens is 459 g/mol. The summed E-state index contributed by atoms with van der Waals surface area (Å²) in [5.74, 6) is -0.460. The first-order chi connectivity index (χ1) is 16.7. The Balaban J connectivity index is 1.55. The molecule has 0 saturated carbocycles. The van der Waals surface area contributed by atoms with Gasteiger partial charge in [-0.05, 0) is 68.0 Å². The molecule has 1 aliphatic rings. The van der Waals surface area contributed by atoms with E-state index in [2.05, 4.69) is 15.3 Å². The Labute approximate surface area is 200 Å². The molecule has 0 fully saturated rings. The summed E-state index contributed by atoms with van der Waals surface area (Å²) < 4.78 is 39.5. The van der Waals surface area contributed by atoms with Crippen LogP contribution in [0.3, 0.4) is 0 Å². The number of rotatable bonds is 7. The molecule has 0 radical (unpaired) electrons. The van der Waals surface area contributed by atoms with Crippen molar-refractivity contribution in [2.75, 3.05) is 11.9 Å². The lowest BCUT2D eigenvalue weighted by Crippen LogP contribution is -2.26. The van der Waals surface area contributed by atoms with Crippen LogP contribution in [0.25, 0.3) is 11.3 Å². The van der Waals surface area contributed by atoms with Gasteiger partial charge in [0.15, 0.2) is 0 Å². The van der Waals surface area contributed by atoms with Gasteiger partial charge in [0.05, 0.1) is 35.6 Å². The summed E-state index contributed by atoms with van der Waals surface area (Å²) in [5, 5.41) is 21.3. The highest BCUT2D eigenvalue weighted by Gasteiger charge is 2.31. The summed E-state index contributed by atoms with van der Waals surface area (Å²) in [7, 11) is 0. The minimum atomic E-state index is -4.45. The van der Waals surface area contributed by atoms with Gasteiger partial charge < -0.3 is 15.5 Å². The van der Waals surface area contributed by atoms with Gasteiger partial charge in [0, 0.05) is 11.3 Å². The van der Waals surface area contributed by atoms with Crippen LogP contribution in [0.15, 0.2) is 54.6 Å². The molecule has 9 heteroatoms. The lowest BCUT2D eigenvalue weighted by Gasteiger charge is -2.24. The number of nitrogens with zero attached hydrogens (tertiary/aromatic N) is 2. The highest BCUT2D eigenvalue weighted by Crippen LogP contribution is 2.35. The van der Waals surface area contributed by atoms with E-state index < -0.39 is 23.8 Å². The first-order valence-electron chi connectivity index (χ1n) is 11.5. The summed E-state index contributed by atoms with van der Waals surface area (Å²) in [6, 6.07) is 13.7. The molecule has 0 saturated heterocycles. The molecule has 2 atom stereocenters. The van der Waals surface area contributed by atoms with E-state index in [1.165, 1.54) is 6.07 Å². The van der Waals surface area contributed by atoms with Gasteiger partial charge in [-0.1, -0.05) is 24.3 Å². The molecule has 1 amide bonds. The van der Waals surface area contributed by atoms with Crippen molar-refractivity contribution in [1.82, 2.24) is 9.97 Å². The van der Waals surface area contributed by atoms with Crippen LogP contribution in [0.1, 0.15) is 47.7 Å². The summed E-state index contributed by atoms with van der Waals surface area (Å²) >= 11 is 0. The SMILES string of the molecule is O=C(Nc1cccc(CC[C@@H](O)CO)n1)C1CCCc2ccc(-c3cccc(C(F)(F)F)c3)nc21. The molecule has 35 heavy (non-hydrogen) atoms. The standard InChI is InChI=1S/C26H26F3N3O3/c27-26(28,29)18-6-1-5-17(14-18)22-13-10-16-4-2-8-21(24(16)31-22)25(35)32-23-9-3-7-19(30-23)11-12-20(34)15-33/h1,3,5-7,9-10,13-14,20-21,33-34H,2,4,8,11-12,15H2,(H,30,32,35)/t20-,21?/m1/s1. The summed E-state index contributed by atoms with van der Waals surface area (Å²) in [6.45, 7) is -0.326. The van der Waals surface area contributed by atoms with E-state index in [0.29, 0.717) is 47.7 Å². The number of pyridine rings is 2. The van der Waals surface area contributed by atoms with Crippen molar-refractivity contribution >= 4 is 11.7 Å². The highest BCUT2D eigenvalue weighted by molar-refractivity contribution is 5.95. The van der Waals surface area contributed by atoms with Gasteiger partial charge in [-0.25, -0.2) is 4.98 Å². The fourth-order valence-electron chi connectivity index (χ4n) is 4.23. The van der Waals surface area contributed by atoms with Crippen molar-refractivity contribution in [1.29, 1.82) is 0 Å². The van der Waals surface area contributed by atoms with Gasteiger partial charge in [0.1, 0.15) is 5.82 Å². The number of aromatic nitrogens is 2. The Morgan fingerprint density at radius 1 is 1.11 bits per heavy atom. The number of fused-ring (bicyclic) bond motifs is 1. The van der Waals surface area contributed by atoms with Crippen molar-refractivity contribution in [3.63, 3.8) is 0 Å². The molecule has 2 aromatic heterocycles. The second-order valence-corrected chi connectivity index (χ2v) is 8.64. The lowest BCUT2D eigenvalue weighted by atomic mass is 9.85. The van der Waals surface area contributed by atoms with Crippen LogP contribution in [0, 0.1) is 0 Å². The summed E-state index contributed by atoms with van der Waals surface area (Å²) in [6.07, 6.45) is -2.38. The number of carbonyl (C=O) groups excluding carboxylic acids is 1. The lowest BCUT2D eigenvalue weighted by molar-refractivity contribution is -0.137. The van der Waals surface area contributed by atoms with Gasteiger partial charge in [-0.3, -0.25) is 9.78 Å². The maximum atomic E-state index is 13.2. The van der Waals surface area contributed by atoms with E-state index in [1.54, 1.807) is 30.3 Å². The smallest absolute Gasteiger partial charge is 0.394 e. The van der Waals surface area contributed by atoms with Crippen LogP contribution in [0.4, 0.5) is 19.0 Å². The maximum Gasteiger partial charge on any atom is 0.416 e. The van der Waals surface area contributed by atoms with Crippen molar-refractivity contribution in [3.8, 4) is 11.3 Å².